The second-order valence-corrected chi connectivity index (χ2v) is 3.45. The van der Waals surface area contributed by atoms with E-state index in [2.05, 4.69) is 17.2 Å². The molecule has 0 atom stereocenters. The minimum Gasteiger partial charge on any atom is -0.478 e. The maximum absolute atomic E-state index is 10.9. The van der Waals surface area contributed by atoms with E-state index in [1.165, 1.54) is 12.1 Å². The molecule has 0 saturated heterocycles. The van der Waals surface area contributed by atoms with Crippen LogP contribution in [0.3, 0.4) is 0 Å². The summed E-state index contributed by atoms with van der Waals surface area (Å²) in [5.74, 6) is 4.26. The molecule has 0 radical (unpaired) electrons. The molecule has 0 spiro atoms. The molecule has 0 aliphatic heterocycles. The molecule has 0 bridgehead atoms. The van der Waals surface area contributed by atoms with Gasteiger partial charge in [0.1, 0.15) is 0 Å². The number of benzene rings is 1. The molecule has 0 amide bonds. The van der Waals surface area contributed by atoms with Gasteiger partial charge in [0, 0.05) is 30.7 Å². The molecule has 1 rings (SSSR count). The number of hydrogen-bond acceptors (Lipinski definition) is 4. The van der Waals surface area contributed by atoms with Gasteiger partial charge in [0.15, 0.2) is 0 Å². The summed E-state index contributed by atoms with van der Waals surface area (Å²) in [7, 11) is 1.78. The Labute approximate surface area is 104 Å². The average molecular weight is 248 g/mol. The Hall–Kier alpha value is -2.39. The number of carbonyl (C=O) groups is 1. The lowest BCUT2D eigenvalue weighted by Gasteiger charge is -1.99. The van der Waals surface area contributed by atoms with E-state index in [-0.39, 0.29) is 16.8 Å². The molecule has 6 heteroatoms. The molecule has 2 N–H and O–H groups in total. The molecule has 0 heterocycles. The predicted molar refractivity (Wildman–Crippen MR) is 65.5 cm³/mol. The van der Waals surface area contributed by atoms with Crippen LogP contribution in [0.1, 0.15) is 22.3 Å². The third kappa shape index (κ3) is 3.57. The smallest absolute Gasteiger partial charge is 0.336 e. The van der Waals surface area contributed by atoms with E-state index >= 15 is 0 Å². The summed E-state index contributed by atoms with van der Waals surface area (Å²) in [6.45, 7) is 0.671. The van der Waals surface area contributed by atoms with Crippen molar-refractivity contribution in [3.8, 4) is 11.8 Å². The fourth-order valence-corrected chi connectivity index (χ4v) is 1.28. The average Bonchev–Trinajstić information content (AvgIpc) is 2.34. The number of non-ortho nitro benzene ring substituents is 1. The molecular weight excluding hydrogens is 236 g/mol. The summed E-state index contributed by atoms with van der Waals surface area (Å²) < 4.78 is 0. The van der Waals surface area contributed by atoms with E-state index in [9.17, 15) is 14.9 Å². The van der Waals surface area contributed by atoms with Gasteiger partial charge in [-0.05, 0) is 13.1 Å². The Morgan fingerprint density at radius 2 is 2.28 bits per heavy atom. The zero-order valence-electron chi connectivity index (χ0n) is 9.77. The van der Waals surface area contributed by atoms with Crippen LogP contribution in [0, 0.1) is 22.0 Å². The molecule has 0 fully saturated rings. The Kier molecular flexibility index (Phi) is 4.84. The van der Waals surface area contributed by atoms with E-state index in [1.807, 2.05) is 0 Å². The molecular formula is C12H12N2O4. The van der Waals surface area contributed by atoms with Crippen LogP contribution in [0.4, 0.5) is 5.69 Å². The number of nitrogens with one attached hydrogen (secondary N) is 1. The van der Waals surface area contributed by atoms with Gasteiger partial charge in [0.05, 0.1) is 10.5 Å². The highest BCUT2D eigenvalue weighted by molar-refractivity contribution is 5.91. The first-order valence-corrected chi connectivity index (χ1v) is 5.21. The number of nitrogens with zero attached hydrogens (tertiary/aromatic N) is 1. The van der Waals surface area contributed by atoms with Crippen molar-refractivity contribution in [2.24, 2.45) is 0 Å². The summed E-state index contributed by atoms with van der Waals surface area (Å²) >= 11 is 0. The van der Waals surface area contributed by atoms with E-state index in [0.717, 1.165) is 6.07 Å². The Morgan fingerprint density at radius 3 is 2.83 bits per heavy atom. The highest BCUT2D eigenvalue weighted by Gasteiger charge is 2.13. The molecule has 6 nitrogen and oxygen atoms in total. The van der Waals surface area contributed by atoms with Gasteiger partial charge in [0.2, 0.25) is 0 Å². The van der Waals surface area contributed by atoms with Crippen LogP contribution in [0.25, 0.3) is 0 Å². The van der Waals surface area contributed by atoms with Crippen LogP contribution in [0.5, 0.6) is 0 Å². The standard InChI is InChI=1S/C12H12N2O4/c1-13-7-3-2-4-9-8-10(14(17)18)5-6-11(9)12(15)16/h5-6,8,13H,3,7H2,1H3,(H,15,16). The molecule has 0 aliphatic carbocycles. The second-order valence-electron chi connectivity index (χ2n) is 3.45. The first-order valence-electron chi connectivity index (χ1n) is 5.21. The lowest BCUT2D eigenvalue weighted by Crippen LogP contribution is -2.06. The fraction of sp³-hybridized carbons (Fsp3) is 0.250. The lowest BCUT2D eigenvalue weighted by molar-refractivity contribution is -0.384. The summed E-state index contributed by atoms with van der Waals surface area (Å²) in [6.07, 6.45) is 0.540. The molecule has 18 heavy (non-hydrogen) atoms. The quantitative estimate of drug-likeness (QED) is 0.362. The zero-order chi connectivity index (χ0) is 13.5. The monoisotopic (exact) mass is 248 g/mol. The second kappa shape index (κ2) is 6.37. The highest BCUT2D eigenvalue weighted by Crippen LogP contribution is 2.17. The number of hydrogen-bond donors (Lipinski definition) is 2. The van der Waals surface area contributed by atoms with Crippen LogP contribution >= 0.6 is 0 Å². The summed E-state index contributed by atoms with van der Waals surface area (Å²) in [4.78, 5) is 21.0. The normalized spacial score (nSPS) is 9.39. The molecule has 1 aromatic rings. The minimum atomic E-state index is -1.15. The lowest BCUT2D eigenvalue weighted by atomic mass is 10.1. The highest BCUT2D eigenvalue weighted by atomic mass is 16.6. The summed E-state index contributed by atoms with van der Waals surface area (Å²) in [6, 6.07) is 3.53. The maximum Gasteiger partial charge on any atom is 0.336 e. The van der Waals surface area contributed by atoms with Crippen LogP contribution in [-0.4, -0.2) is 29.6 Å². The largest absolute Gasteiger partial charge is 0.478 e. The van der Waals surface area contributed by atoms with Gasteiger partial charge >= 0.3 is 5.97 Å². The minimum absolute atomic E-state index is 0.0300. The number of rotatable bonds is 4. The van der Waals surface area contributed by atoms with E-state index in [0.29, 0.717) is 13.0 Å². The van der Waals surface area contributed by atoms with Gasteiger partial charge < -0.3 is 10.4 Å². The summed E-state index contributed by atoms with van der Waals surface area (Å²) in [5.41, 5.74) is -0.0386. The number of carboxylic acid groups (broad SMARTS) is 1. The first kappa shape index (κ1) is 13.7. The molecule has 0 aromatic heterocycles. The van der Waals surface area contributed by atoms with Crippen molar-refractivity contribution in [1.82, 2.24) is 5.32 Å². The summed E-state index contributed by atoms with van der Waals surface area (Å²) in [5, 5.41) is 22.5. The first-order chi connectivity index (χ1) is 8.56. The van der Waals surface area contributed by atoms with Crippen LogP contribution in [0.15, 0.2) is 18.2 Å². The third-order valence-electron chi connectivity index (χ3n) is 2.17. The van der Waals surface area contributed by atoms with Gasteiger partial charge in [-0.2, -0.15) is 0 Å². The van der Waals surface area contributed by atoms with Crippen molar-refractivity contribution in [3.05, 3.63) is 39.4 Å². The van der Waals surface area contributed by atoms with Crippen LogP contribution < -0.4 is 5.32 Å². The fourth-order valence-electron chi connectivity index (χ4n) is 1.28. The Bertz CT molecular complexity index is 529. The van der Waals surface area contributed by atoms with Crippen molar-refractivity contribution in [1.29, 1.82) is 0 Å². The topological polar surface area (TPSA) is 92.5 Å². The molecule has 0 aliphatic rings. The SMILES string of the molecule is CNCCC#Cc1cc([N+](=O)[O-])ccc1C(=O)O. The molecule has 94 valence electrons. The molecule has 0 unspecified atom stereocenters. The Morgan fingerprint density at radius 1 is 1.56 bits per heavy atom. The zero-order valence-corrected chi connectivity index (χ0v) is 9.77. The van der Waals surface area contributed by atoms with Crippen molar-refractivity contribution in [2.75, 3.05) is 13.6 Å². The number of nitro groups is 1. The van der Waals surface area contributed by atoms with Gasteiger partial charge in [-0.3, -0.25) is 10.1 Å². The maximum atomic E-state index is 10.9. The van der Waals surface area contributed by atoms with Gasteiger partial charge in [-0.15, -0.1) is 0 Å². The van der Waals surface area contributed by atoms with Gasteiger partial charge in [-0.1, -0.05) is 11.8 Å². The van der Waals surface area contributed by atoms with E-state index in [1.54, 1.807) is 7.05 Å². The third-order valence-corrected chi connectivity index (χ3v) is 2.17. The predicted octanol–water partition coefficient (Wildman–Crippen LogP) is 1.25. The molecule has 0 saturated carbocycles. The van der Waals surface area contributed by atoms with Crippen molar-refractivity contribution < 1.29 is 14.8 Å². The number of carboxylic acids is 1. The van der Waals surface area contributed by atoms with Crippen molar-refractivity contribution >= 4 is 11.7 Å². The van der Waals surface area contributed by atoms with Crippen LogP contribution in [0.2, 0.25) is 0 Å². The molecule has 1 aromatic carbocycles. The van der Waals surface area contributed by atoms with Crippen LogP contribution in [-0.2, 0) is 0 Å². The van der Waals surface area contributed by atoms with E-state index < -0.39 is 10.9 Å². The van der Waals surface area contributed by atoms with Gasteiger partial charge in [0.25, 0.3) is 5.69 Å². The number of aromatic carboxylic acids is 1. The van der Waals surface area contributed by atoms with E-state index in [4.69, 9.17) is 5.11 Å². The number of nitro benzene ring substituents is 1. The Balaban J connectivity index is 3.10. The van der Waals surface area contributed by atoms with Gasteiger partial charge in [-0.25, -0.2) is 4.79 Å². The van der Waals surface area contributed by atoms with Crippen molar-refractivity contribution in [3.63, 3.8) is 0 Å². The van der Waals surface area contributed by atoms with Crippen molar-refractivity contribution in [2.45, 2.75) is 6.42 Å².